The number of carbonyl (C=O) groups excluding carboxylic acids is 2. The summed E-state index contributed by atoms with van der Waals surface area (Å²) in [6.45, 7) is 1.75. The molecule has 0 saturated heterocycles. The predicted octanol–water partition coefficient (Wildman–Crippen LogP) is 2.43. The maximum Gasteiger partial charge on any atom is 0.270 e. The summed E-state index contributed by atoms with van der Waals surface area (Å²) in [5.74, 6) is -0.0230. The first kappa shape index (κ1) is 17.6. The summed E-state index contributed by atoms with van der Waals surface area (Å²) >= 11 is 1.13. The first-order chi connectivity index (χ1) is 12.5. The molecular formula is C17H17N5O3S. The van der Waals surface area contributed by atoms with E-state index in [4.69, 9.17) is 10.2 Å². The standard InChI is InChI=1S/C17H17N5O3S/c1-9-11(20-15(25-9)10-6-4-3-5-7-10)8-12(23)21-16-13(14(18)24)22-17(19-2)26-16/h3-7H,8H2,1-2H3,(H2,18,24)(H,19,22)(H,21,23). The molecule has 3 rings (SSSR count). The van der Waals surface area contributed by atoms with Crippen LogP contribution in [0.25, 0.3) is 11.5 Å². The smallest absolute Gasteiger partial charge is 0.270 e. The molecule has 0 bridgehead atoms. The van der Waals surface area contributed by atoms with Gasteiger partial charge in [-0.1, -0.05) is 29.5 Å². The molecular weight excluding hydrogens is 354 g/mol. The van der Waals surface area contributed by atoms with Crippen LogP contribution in [0, 0.1) is 6.92 Å². The van der Waals surface area contributed by atoms with E-state index in [0.29, 0.717) is 27.5 Å². The molecule has 9 heteroatoms. The van der Waals surface area contributed by atoms with Crippen molar-refractivity contribution in [2.45, 2.75) is 13.3 Å². The summed E-state index contributed by atoms with van der Waals surface area (Å²) in [5, 5.41) is 6.27. The van der Waals surface area contributed by atoms with Gasteiger partial charge in [0.1, 0.15) is 10.8 Å². The topological polar surface area (TPSA) is 123 Å². The summed E-state index contributed by atoms with van der Waals surface area (Å²) in [5.41, 5.74) is 6.69. The van der Waals surface area contributed by atoms with E-state index in [1.807, 2.05) is 30.3 Å². The molecule has 2 heterocycles. The van der Waals surface area contributed by atoms with E-state index in [1.165, 1.54) is 0 Å². The molecule has 8 nitrogen and oxygen atoms in total. The number of carbonyl (C=O) groups is 2. The van der Waals surface area contributed by atoms with Gasteiger partial charge in [-0.3, -0.25) is 9.59 Å². The van der Waals surface area contributed by atoms with Crippen LogP contribution in [0.15, 0.2) is 34.7 Å². The number of aryl methyl sites for hydroxylation is 1. The van der Waals surface area contributed by atoms with Gasteiger partial charge in [-0.25, -0.2) is 9.97 Å². The number of benzene rings is 1. The van der Waals surface area contributed by atoms with Crippen molar-refractivity contribution >= 4 is 33.3 Å². The third kappa shape index (κ3) is 3.72. The molecule has 3 aromatic rings. The highest BCUT2D eigenvalue weighted by Crippen LogP contribution is 2.28. The zero-order valence-corrected chi connectivity index (χ0v) is 15.0. The number of hydrogen-bond acceptors (Lipinski definition) is 7. The fourth-order valence-electron chi connectivity index (χ4n) is 2.30. The minimum atomic E-state index is -0.706. The lowest BCUT2D eigenvalue weighted by Crippen LogP contribution is -2.19. The Bertz CT molecular complexity index is 949. The monoisotopic (exact) mass is 371 g/mol. The number of nitrogens with one attached hydrogen (secondary N) is 2. The van der Waals surface area contributed by atoms with Crippen molar-refractivity contribution in [3.63, 3.8) is 0 Å². The average Bonchev–Trinajstić information content (AvgIpc) is 3.19. The molecule has 0 aliphatic rings. The lowest BCUT2D eigenvalue weighted by atomic mass is 10.2. The molecule has 0 radical (unpaired) electrons. The zero-order chi connectivity index (χ0) is 18.7. The number of hydrogen-bond donors (Lipinski definition) is 3. The van der Waals surface area contributed by atoms with E-state index in [9.17, 15) is 9.59 Å². The van der Waals surface area contributed by atoms with Gasteiger partial charge in [-0.15, -0.1) is 0 Å². The van der Waals surface area contributed by atoms with Crippen molar-refractivity contribution in [1.82, 2.24) is 9.97 Å². The van der Waals surface area contributed by atoms with E-state index in [-0.39, 0.29) is 18.0 Å². The van der Waals surface area contributed by atoms with Crippen LogP contribution >= 0.6 is 11.3 Å². The molecule has 0 spiro atoms. The number of nitrogens with zero attached hydrogens (tertiary/aromatic N) is 2. The van der Waals surface area contributed by atoms with Gasteiger partial charge in [-0.2, -0.15) is 0 Å². The highest BCUT2D eigenvalue weighted by Gasteiger charge is 2.20. The number of rotatable bonds is 6. The largest absolute Gasteiger partial charge is 0.441 e. The number of anilines is 2. The van der Waals surface area contributed by atoms with Crippen molar-refractivity contribution < 1.29 is 14.0 Å². The molecule has 0 fully saturated rings. The van der Waals surface area contributed by atoms with Crippen LogP contribution in [0.2, 0.25) is 0 Å². The molecule has 2 amide bonds. The molecule has 134 valence electrons. The second-order valence-electron chi connectivity index (χ2n) is 5.42. The first-order valence-corrected chi connectivity index (χ1v) is 8.59. The number of oxazole rings is 1. The lowest BCUT2D eigenvalue weighted by molar-refractivity contribution is -0.115. The van der Waals surface area contributed by atoms with Crippen LogP contribution in [0.4, 0.5) is 10.1 Å². The maximum atomic E-state index is 12.4. The van der Waals surface area contributed by atoms with Crippen molar-refractivity contribution in [1.29, 1.82) is 0 Å². The van der Waals surface area contributed by atoms with E-state index in [1.54, 1.807) is 14.0 Å². The Morgan fingerprint density at radius 2 is 1.96 bits per heavy atom. The second-order valence-corrected chi connectivity index (χ2v) is 6.42. The Morgan fingerprint density at radius 1 is 1.23 bits per heavy atom. The summed E-state index contributed by atoms with van der Waals surface area (Å²) in [6, 6.07) is 9.43. The lowest BCUT2D eigenvalue weighted by Gasteiger charge is -2.02. The van der Waals surface area contributed by atoms with Gasteiger partial charge < -0.3 is 20.8 Å². The molecule has 26 heavy (non-hydrogen) atoms. The fourth-order valence-corrected chi connectivity index (χ4v) is 3.14. The normalized spacial score (nSPS) is 10.5. The number of amides is 2. The molecule has 1 aromatic carbocycles. The molecule has 2 aromatic heterocycles. The van der Waals surface area contributed by atoms with E-state index >= 15 is 0 Å². The van der Waals surface area contributed by atoms with Gasteiger partial charge in [0.15, 0.2) is 10.8 Å². The second kappa shape index (κ2) is 7.36. The van der Waals surface area contributed by atoms with Gasteiger partial charge >= 0.3 is 0 Å². The SMILES string of the molecule is CNc1nc(C(N)=O)c(NC(=O)Cc2nc(-c3ccccc3)oc2C)s1. The Hall–Kier alpha value is -3.20. The van der Waals surface area contributed by atoms with Gasteiger partial charge in [0.05, 0.1) is 12.1 Å². The minimum absolute atomic E-state index is 0.00710. The van der Waals surface area contributed by atoms with E-state index in [0.717, 1.165) is 16.9 Å². The number of thiazole rings is 1. The predicted molar refractivity (Wildman–Crippen MR) is 99.2 cm³/mol. The Morgan fingerprint density at radius 3 is 2.62 bits per heavy atom. The van der Waals surface area contributed by atoms with Gasteiger partial charge in [-0.05, 0) is 19.1 Å². The summed E-state index contributed by atoms with van der Waals surface area (Å²) in [7, 11) is 1.67. The van der Waals surface area contributed by atoms with Crippen LogP contribution < -0.4 is 16.4 Å². The highest BCUT2D eigenvalue weighted by atomic mass is 32.1. The third-order valence-electron chi connectivity index (χ3n) is 3.57. The van der Waals surface area contributed by atoms with Crippen LogP contribution in [0.1, 0.15) is 21.9 Å². The Labute approximate surface area is 153 Å². The van der Waals surface area contributed by atoms with Crippen LogP contribution in [0.5, 0.6) is 0 Å². The molecule has 0 aliphatic carbocycles. The third-order valence-corrected chi connectivity index (χ3v) is 4.56. The molecule has 0 saturated carbocycles. The van der Waals surface area contributed by atoms with Gasteiger partial charge in [0, 0.05) is 12.6 Å². The van der Waals surface area contributed by atoms with Crippen LogP contribution in [0.3, 0.4) is 0 Å². The Balaban J connectivity index is 1.76. The van der Waals surface area contributed by atoms with Gasteiger partial charge in [0.2, 0.25) is 11.8 Å². The molecule has 4 N–H and O–H groups in total. The number of aromatic nitrogens is 2. The summed E-state index contributed by atoms with van der Waals surface area (Å²) in [6.07, 6.45) is 0.00710. The highest BCUT2D eigenvalue weighted by molar-refractivity contribution is 7.20. The van der Waals surface area contributed by atoms with E-state index < -0.39 is 5.91 Å². The van der Waals surface area contributed by atoms with Gasteiger partial charge in [0.25, 0.3) is 5.91 Å². The summed E-state index contributed by atoms with van der Waals surface area (Å²) < 4.78 is 5.65. The Kier molecular flexibility index (Phi) is 4.99. The zero-order valence-electron chi connectivity index (χ0n) is 14.2. The van der Waals surface area contributed by atoms with Crippen molar-refractivity contribution in [3.05, 3.63) is 47.5 Å². The summed E-state index contributed by atoms with van der Waals surface area (Å²) in [4.78, 5) is 32.3. The van der Waals surface area contributed by atoms with Crippen LogP contribution in [-0.4, -0.2) is 28.8 Å². The average molecular weight is 371 g/mol. The van der Waals surface area contributed by atoms with Crippen LogP contribution in [-0.2, 0) is 11.2 Å². The molecule has 0 aliphatic heterocycles. The van der Waals surface area contributed by atoms with Crippen molar-refractivity contribution in [3.8, 4) is 11.5 Å². The number of nitrogens with two attached hydrogens (primary N) is 1. The van der Waals surface area contributed by atoms with Crippen molar-refractivity contribution in [2.24, 2.45) is 5.73 Å². The van der Waals surface area contributed by atoms with E-state index in [2.05, 4.69) is 20.6 Å². The van der Waals surface area contributed by atoms with Crippen molar-refractivity contribution in [2.75, 3.05) is 17.7 Å². The number of primary amides is 1. The quantitative estimate of drug-likeness (QED) is 0.611. The molecule has 0 atom stereocenters. The first-order valence-electron chi connectivity index (χ1n) is 7.78. The minimum Gasteiger partial charge on any atom is -0.441 e. The fraction of sp³-hybridized carbons (Fsp3) is 0.176. The maximum absolute atomic E-state index is 12.4. The molecule has 0 unspecified atom stereocenters.